The van der Waals surface area contributed by atoms with Gasteiger partial charge in [0.2, 0.25) is 0 Å². The van der Waals surface area contributed by atoms with Gasteiger partial charge in [-0.3, -0.25) is 4.99 Å². The number of rotatable bonds is 2. The first kappa shape index (κ1) is 9.15. The summed E-state index contributed by atoms with van der Waals surface area (Å²) in [4.78, 5) is 3.88. The lowest BCUT2D eigenvalue weighted by molar-refractivity contribution is -0.132. The molecule has 0 unspecified atom stereocenters. The van der Waals surface area contributed by atoms with Gasteiger partial charge in [0.25, 0.3) is 0 Å². The molecule has 6 heteroatoms. The van der Waals surface area contributed by atoms with Crippen molar-refractivity contribution in [1.29, 1.82) is 0 Å². The zero-order valence-corrected chi connectivity index (χ0v) is 6.41. The standard InChI is InChI=1S/C6H10F3N3/c7-6(8,9)1-2-10-5-11-3-4-12-5/h1-4H2,(H2,10,11,12). The summed E-state index contributed by atoms with van der Waals surface area (Å²) >= 11 is 0. The Morgan fingerprint density at radius 1 is 1.50 bits per heavy atom. The van der Waals surface area contributed by atoms with Gasteiger partial charge in [-0.2, -0.15) is 13.2 Å². The van der Waals surface area contributed by atoms with E-state index in [-0.39, 0.29) is 6.54 Å². The molecule has 0 aromatic carbocycles. The molecule has 1 aliphatic heterocycles. The molecule has 0 bridgehead atoms. The van der Waals surface area contributed by atoms with Gasteiger partial charge < -0.3 is 10.6 Å². The van der Waals surface area contributed by atoms with Crippen LogP contribution in [0.1, 0.15) is 6.42 Å². The van der Waals surface area contributed by atoms with Crippen molar-refractivity contribution in [2.75, 3.05) is 19.6 Å². The van der Waals surface area contributed by atoms with E-state index in [1.54, 1.807) is 0 Å². The molecule has 0 spiro atoms. The van der Waals surface area contributed by atoms with E-state index in [1.807, 2.05) is 0 Å². The van der Waals surface area contributed by atoms with E-state index in [0.29, 0.717) is 19.0 Å². The fourth-order valence-corrected chi connectivity index (χ4v) is 0.839. The van der Waals surface area contributed by atoms with Crippen LogP contribution in [0.25, 0.3) is 0 Å². The van der Waals surface area contributed by atoms with Crippen molar-refractivity contribution < 1.29 is 13.2 Å². The van der Waals surface area contributed by atoms with Gasteiger partial charge in [-0.05, 0) is 0 Å². The minimum Gasteiger partial charge on any atom is -0.356 e. The highest BCUT2D eigenvalue weighted by molar-refractivity contribution is 5.81. The monoisotopic (exact) mass is 181 g/mol. The first-order valence-electron chi connectivity index (χ1n) is 3.67. The van der Waals surface area contributed by atoms with Crippen molar-refractivity contribution in [2.24, 2.45) is 4.99 Å². The van der Waals surface area contributed by atoms with Gasteiger partial charge >= 0.3 is 6.18 Å². The predicted octanol–water partition coefficient (Wildman–Crippen LogP) is 0.488. The maximum absolute atomic E-state index is 11.6. The molecule has 0 aliphatic carbocycles. The van der Waals surface area contributed by atoms with E-state index in [0.717, 1.165) is 0 Å². The Labute approximate surface area is 68.0 Å². The van der Waals surface area contributed by atoms with E-state index in [4.69, 9.17) is 0 Å². The molecule has 0 aromatic rings. The molecule has 70 valence electrons. The highest BCUT2D eigenvalue weighted by Crippen LogP contribution is 2.17. The average molecular weight is 181 g/mol. The second-order valence-corrected chi connectivity index (χ2v) is 2.45. The minimum atomic E-state index is -4.09. The molecule has 3 nitrogen and oxygen atoms in total. The van der Waals surface area contributed by atoms with Gasteiger partial charge in [0.05, 0.1) is 13.0 Å². The van der Waals surface area contributed by atoms with Crippen LogP contribution in [-0.4, -0.2) is 31.8 Å². The predicted molar refractivity (Wildman–Crippen MR) is 39.0 cm³/mol. The van der Waals surface area contributed by atoms with Crippen LogP contribution in [0, 0.1) is 0 Å². The zero-order valence-electron chi connectivity index (χ0n) is 6.41. The molecule has 12 heavy (non-hydrogen) atoms. The van der Waals surface area contributed by atoms with Gasteiger partial charge in [-0.25, -0.2) is 0 Å². The van der Waals surface area contributed by atoms with Crippen LogP contribution in [0.15, 0.2) is 4.99 Å². The SMILES string of the molecule is FC(F)(F)CCNC1=NCCN1. The number of aliphatic imine (C=N–C) groups is 1. The summed E-state index contributed by atoms with van der Waals surface area (Å²) in [7, 11) is 0. The fraction of sp³-hybridized carbons (Fsp3) is 0.833. The molecular weight excluding hydrogens is 171 g/mol. The van der Waals surface area contributed by atoms with Crippen LogP contribution < -0.4 is 10.6 Å². The maximum atomic E-state index is 11.6. The fourth-order valence-electron chi connectivity index (χ4n) is 0.839. The van der Waals surface area contributed by atoms with Gasteiger partial charge in [0, 0.05) is 13.1 Å². The first-order valence-corrected chi connectivity index (χ1v) is 3.67. The summed E-state index contributed by atoms with van der Waals surface area (Å²) in [6, 6.07) is 0. The van der Waals surface area contributed by atoms with Gasteiger partial charge in [-0.15, -0.1) is 0 Å². The van der Waals surface area contributed by atoms with E-state index < -0.39 is 12.6 Å². The maximum Gasteiger partial charge on any atom is 0.390 e. The summed E-state index contributed by atoms with van der Waals surface area (Å²) < 4.78 is 34.9. The summed E-state index contributed by atoms with van der Waals surface area (Å²) in [5, 5.41) is 5.37. The Morgan fingerprint density at radius 2 is 2.25 bits per heavy atom. The lowest BCUT2D eigenvalue weighted by atomic mass is 10.4. The number of halogens is 3. The number of nitrogens with one attached hydrogen (secondary N) is 2. The van der Waals surface area contributed by atoms with Crippen LogP contribution in [0.4, 0.5) is 13.2 Å². The van der Waals surface area contributed by atoms with Crippen molar-refractivity contribution >= 4 is 5.96 Å². The molecule has 0 amide bonds. The first-order chi connectivity index (χ1) is 5.58. The molecule has 1 aliphatic rings. The van der Waals surface area contributed by atoms with Crippen LogP contribution in [0.3, 0.4) is 0 Å². The second kappa shape index (κ2) is 3.64. The second-order valence-electron chi connectivity index (χ2n) is 2.45. The van der Waals surface area contributed by atoms with Crippen LogP contribution in [-0.2, 0) is 0 Å². The lowest BCUT2D eigenvalue weighted by Gasteiger charge is -2.08. The van der Waals surface area contributed by atoms with Crippen LogP contribution >= 0.6 is 0 Å². The quantitative estimate of drug-likeness (QED) is 0.650. The average Bonchev–Trinajstić information content (AvgIpc) is 2.36. The van der Waals surface area contributed by atoms with E-state index in [9.17, 15) is 13.2 Å². The van der Waals surface area contributed by atoms with Crippen molar-refractivity contribution in [2.45, 2.75) is 12.6 Å². The minimum absolute atomic E-state index is 0.116. The van der Waals surface area contributed by atoms with E-state index >= 15 is 0 Å². The third kappa shape index (κ3) is 3.45. The summed E-state index contributed by atoms with van der Waals surface area (Å²) in [6.45, 7) is 1.22. The van der Waals surface area contributed by atoms with Crippen LogP contribution in [0.2, 0.25) is 0 Å². The third-order valence-corrected chi connectivity index (χ3v) is 1.38. The number of hydrogen-bond donors (Lipinski definition) is 2. The molecule has 0 saturated heterocycles. The normalized spacial score (nSPS) is 17.1. The molecular formula is C6H10F3N3. The molecule has 0 fully saturated rings. The number of nitrogens with zero attached hydrogens (tertiary/aromatic N) is 1. The topological polar surface area (TPSA) is 36.4 Å². The molecule has 0 aromatic heterocycles. The highest BCUT2D eigenvalue weighted by Gasteiger charge is 2.26. The van der Waals surface area contributed by atoms with Gasteiger partial charge in [0.15, 0.2) is 5.96 Å². The van der Waals surface area contributed by atoms with Gasteiger partial charge in [0.1, 0.15) is 0 Å². The van der Waals surface area contributed by atoms with Crippen molar-refractivity contribution in [1.82, 2.24) is 10.6 Å². The molecule has 1 rings (SSSR count). The van der Waals surface area contributed by atoms with E-state index in [2.05, 4.69) is 15.6 Å². The number of guanidine groups is 1. The van der Waals surface area contributed by atoms with Crippen molar-refractivity contribution in [3.05, 3.63) is 0 Å². The molecule has 2 N–H and O–H groups in total. The Hall–Kier alpha value is -0.940. The molecule has 0 radical (unpaired) electrons. The number of alkyl halides is 3. The third-order valence-electron chi connectivity index (χ3n) is 1.38. The Bertz CT molecular complexity index is 175. The smallest absolute Gasteiger partial charge is 0.356 e. The van der Waals surface area contributed by atoms with Gasteiger partial charge in [-0.1, -0.05) is 0 Å². The Kier molecular flexibility index (Phi) is 2.78. The summed E-state index contributed by atoms with van der Waals surface area (Å²) in [6.07, 6.45) is -4.92. The lowest BCUT2D eigenvalue weighted by Crippen LogP contribution is -2.35. The van der Waals surface area contributed by atoms with Crippen LogP contribution in [0.5, 0.6) is 0 Å². The summed E-state index contributed by atoms with van der Waals surface area (Å²) in [5.41, 5.74) is 0. The number of hydrogen-bond acceptors (Lipinski definition) is 3. The van der Waals surface area contributed by atoms with E-state index in [1.165, 1.54) is 0 Å². The Balaban J connectivity index is 2.10. The zero-order chi connectivity index (χ0) is 9.03. The molecule has 0 atom stereocenters. The van der Waals surface area contributed by atoms with Crippen molar-refractivity contribution in [3.63, 3.8) is 0 Å². The molecule has 0 saturated carbocycles. The highest BCUT2D eigenvalue weighted by atomic mass is 19.4. The Morgan fingerprint density at radius 3 is 2.75 bits per heavy atom. The molecule has 1 heterocycles. The summed E-state index contributed by atoms with van der Waals surface area (Å²) in [5.74, 6) is 0.472. The van der Waals surface area contributed by atoms with Crippen molar-refractivity contribution in [3.8, 4) is 0 Å². The largest absolute Gasteiger partial charge is 0.390 e.